The van der Waals surface area contributed by atoms with Gasteiger partial charge in [0.25, 0.3) is 5.91 Å². The first-order chi connectivity index (χ1) is 10.6. The number of ether oxygens (including phenoxy) is 1. The summed E-state index contributed by atoms with van der Waals surface area (Å²) in [4.78, 5) is 18.2. The molecule has 0 aliphatic heterocycles. The highest BCUT2D eigenvalue weighted by molar-refractivity contribution is 5.80. The van der Waals surface area contributed by atoms with Crippen molar-refractivity contribution in [3.8, 4) is 5.75 Å². The van der Waals surface area contributed by atoms with Crippen LogP contribution < -0.4 is 15.0 Å². The molecule has 5 heteroatoms. The van der Waals surface area contributed by atoms with E-state index >= 15 is 0 Å². The Labute approximate surface area is 130 Å². The van der Waals surface area contributed by atoms with Crippen LogP contribution in [0.4, 0.5) is 5.82 Å². The summed E-state index contributed by atoms with van der Waals surface area (Å²) in [6.45, 7) is 2.19. The molecule has 0 aliphatic rings. The molecule has 0 bridgehead atoms. The first kappa shape index (κ1) is 15.8. The van der Waals surface area contributed by atoms with Gasteiger partial charge in [-0.1, -0.05) is 18.2 Å². The van der Waals surface area contributed by atoms with Gasteiger partial charge < -0.3 is 15.0 Å². The second-order valence-electron chi connectivity index (χ2n) is 5.21. The summed E-state index contributed by atoms with van der Waals surface area (Å²) < 4.78 is 5.59. The lowest BCUT2D eigenvalue weighted by Crippen LogP contribution is -2.35. The van der Waals surface area contributed by atoms with Gasteiger partial charge in [-0.05, 0) is 36.8 Å². The van der Waals surface area contributed by atoms with E-state index in [1.165, 1.54) is 0 Å². The highest BCUT2D eigenvalue weighted by atomic mass is 16.5. The van der Waals surface area contributed by atoms with Gasteiger partial charge in [-0.25, -0.2) is 4.98 Å². The van der Waals surface area contributed by atoms with E-state index in [-0.39, 0.29) is 5.91 Å². The average Bonchev–Trinajstić information content (AvgIpc) is 2.53. The fourth-order valence-corrected chi connectivity index (χ4v) is 1.90. The quantitative estimate of drug-likeness (QED) is 0.888. The number of pyridine rings is 1. The molecule has 2 aromatic rings. The normalized spacial score (nSPS) is 11.6. The molecule has 116 valence electrons. The van der Waals surface area contributed by atoms with Crippen molar-refractivity contribution in [2.24, 2.45) is 0 Å². The Kier molecular flexibility index (Phi) is 5.36. The Morgan fingerprint density at radius 3 is 2.68 bits per heavy atom. The van der Waals surface area contributed by atoms with Crippen LogP contribution in [-0.2, 0) is 11.3 Å². The van der Waals surface area contributed by atoms with Gasteiger partial charge in [-0.2, -0.15) is 0 Å². The third-order valence-electron chi connectivity index (χ3n) is 3.16. The minimum absolute atomic E-state index is 0.146. The van der Waals surface area contributed by atoms with Crippen LogP contribution in [0.1, 0.15) is 12.5 Å². The van der Waals surface area contributed by atoms with Crippen molar-refractivity contribution in [1.82, 2.24) is 10.3 Å². The van der Waals surface area contributed by atoms with Crippen molar-refractivity contribution < 1.29 is 9.53 Å². The third kappa shape index (κ3) is 4.48. The highest BCUT2D eigenvalue weighted by Crippen LogP contribution is 2.12. The molecule has 5 nitrogen and oxygen atoms in total. The standard InChI is InChI=1S/C17H21N3O2/c1-13(22-15-7-5-4-6-8-15)17(21)19-12-14-9-10-18-16(11-14)20(2)3/h4-11,13H,12H2,1-3H3,(H,19,21)/t13-/m0/s1. The van der Waals surface area contributed by atoms with Crippen LogP contribution in [-0.4, -0.2) is 31.1 Å². The van der Waals surface area contributed by atoms with Crippen LogP contribution in [0.15, 0.2) is 48.7 Å². The molecule has 1 atom stereocenters. The average molecular weight is 299 g/mol. The number of benzene rings is 1. The molecule has 0 saturated heterocycles. The van der Waals surface area contributed by atoms with Gasteiger partial charge in [0, 0.05) is 26.8 Å². The zero-order valence-electron chi connectivity index (χ0n) is 13.1. The lowest BCUT2D eigenvalue weighted by Gasteiger charge is -2.15. The molecular weight excluding hydrogens is 278 g/mol. The summed E-state index contributed by atoms with van der Waals surface area (Å²) in [7, 11) is 3.86. The molecule has 0 unspecified atom stereocenters. The van der Waals surface area contributed by atoms with Crippen LogP contribution in [0.5, 0.6) is 5.75 Å². The van der Waals surface area contributed by atoms with Crippen molar-refractivity contribution in [2.45, 2.75) is 19.6 Å². The van der Waals surface area contributed by atoms with Crippen molar-refractivity contribution in [2.75, 3.05) is 19.0 Å². The third-order valence-corrected chi connectivity index (χ3v) is 3.16. The van der Waals surface area contributed by atoms with Crippen LogP contribution in [0.2, 0.25) is 0 Å². The molecule has 1 aromatic heterocycles. The van der Waals surface area contributed by atoms with Crippen LogP contribution in [0, 0.1) is 0 Å². The Morgan fingerprint density at radius 1 is 1.27 bits per heavy atom. The molecule has 1 aromatic carbocycles. The Morgan fingerprint density at radius 2 is 2.00 bits per heavy atom. The molecular formula is C17H21N3O2. The monoisotopic (exact) mass is 299 g/mol. The summed E-state index contributed by atoms with van der Waals surface area (Å²) in [5, 5.41) is 2.87. The predicted octanol–water partition coefficient (Wildman–Crippen LogP) is 2.23. The van der Waals surface area contributed by atoms with Gasteiger partial charge in [0.05, 0.1) is 0 Å². The topological polar surface area (TPSA) is 54.5 Å². The van der Waals surface area contributed by atoms with Gasteiger partial charge >= 0.3 is 0 Å². The summed E-state index contributed by atoms with van der Waals surface area (Å²) >= 11 is 0. The Bertz CT molecular complexity index is 614. The number of nitrogens with one attached hydrogen (secondary N) is 1. The van der Waals surface area contributed by atoms with Crippen LogP contribution in [0.3, 0.4) is 0 Å². The summed E-state index contributed by atoms with van der Waals surface area (Å²) in [6, 6.07) is 13.1. The number of carbonyl (C=O) groups excluding carboxylic acids is 1. The van der Waals surface area contributed by atoms with Gasteiger partial charge in [0.2, 0.25) is 0 Å². The summed E-state index contributed by atoms with van der Waals surface area (Å²) in [5.41, 5.74) is 0.999. The number of aromatic nitrogens is 1. The number of para-hydroxylation sites is 1. The SMILES string of the molecule is C[C@H](Oc1ccccc1)C(=O)NCc1ccnc(N(C)C)c1. The number of carbonyl (C=O) groups is 1. The second kappa shape index (κ2) is 7.45. The van der Waals surface area contributed by atoms with Crippen molar-refractivity contribution in [3.63, 3.8) is 0 Å². The van der Waals surface area contributed by atoms with E-state index < -0.39 is 6.10 Å². The van der Waals surface area contributed by atoms with E-state index in [0.29, 0.717) is 12.3 Å². The lowest BCUT2D eigenvalue weighted by atomic mass is 10.2. The smallest absolute Gasteiger partial charge is 0.261 e. The number of hydrogen-bond donors (Lipinski definition) is 1. The molecule has 2 rings (SSSR count). The minimum Gasteiger partial charge on any atom is -0.481 e. The van der Waals surface area contributed by atoms with Crippen LogP contribution >= 0.6 is 0 Å². The van der Waals surface area contributed by atoms with Crippen molar-refractivity contribution in [1.29, 1.82) is 0 Å². The maximum Gasteiger partial charge on any atom is 0.261 e. The molecule has 0 aliphatic carbocycles. The molecule has 1 amide bonds. The highest BCUT2D eigenvalue weighted by Gasteiger charge is 2.14. The predicted molar refractivity (Wildman–Crippen MR) is 86.9 cm³/mol. The summed E-state index contributed by atoms with van der Waals surface area (Å²) in [6.07, 6.45) is 1.19. The van der Waals surface area contributed by atoms with Gasteiger partial charge in [-0.3, -0.25) is 4.79 Å². The fraction of sp³-hybridized carbons (Fsp3) is 0.294. The van der Waals surface area contributed by atoms with E-state index in [1.807, 2.05) is 61.5 Å². The maximum absolute atomic E-state index is 12.1. The van der Waals surface area contributed by atoms with E-state index in [1.54, 1.807) is 13.1 Å². The molecule has 0 radical (unpaired) electrons. The molecule has 0 spiro atoms. The molecule has 22 heavy (non-hydrogen) atoms. The fourth-order valence-electron chi connectivity index (χ4n) is 1.90. The first-order valence-corrected chi connectivity index (χ1v) is 7.18. The van der Waals surface area contributed by atoms with Gasteiger partial charge in [0.15, 0.2) is 6.10 Å². The Hall–Kier alpha value is -2.56. The summed E-state index contributed by atoms with van der Waals surface area (Å²) in [5.74, 6) is 1.40. The zero-order valence-corrected chi connectivity index (χ0v) is 13.1. The van der Waals surface area contributed by atoms with Gasteiger partial charge in [-0.15, -0.1) is 0 Å². The van der Waals surface area contributed by atoms with E-state index in [4.69, 9.17) is 4.74 Å². The van der Waals surface area contributed by atoms with E-state index in [2.05, 4.69) is 10.3 Å². The number of nitrogens with zero attached hydrogens (tertiary/aromatic N) is 2. The van der Waals surface area contributed by atoms with E-state index in [9.17, 15) is 4.79 Å². The van der Waals surface area contributed by atoms with Gasteiger partial charge in [0.1, 0.15) is 11.6 Å². The Balaban J connectivity index is 1.88. The van der Waals surface area contributed by atoms with Crippen molar-refractivity contribution >= 4 is 11.7 Å². The van der Waals surface area contributed by atoms with Crippen LogP contribution in [0.25, 0.3) is 0 Å². The molecule has 0 saturated carbocycles. The minimum atomic E-state index is -0.544. The largest absolute Gasteiger partial charge is 0.481 e. The zero-order chi connectivity index (χ0) is 15.9. The van der Waals surface area contributed by atoms with E-state index in [0.717, 1.165) is 11.4 Å². The number of rotatable bonds is 6. The number of anilines is 1. The first-order valence-electron chi connectivity index (χ1n) is 7.18. The second-order valence-corrected chi connectivity index (χ2v) is 5.21. The maximum atomic E-state index is 12.1. The number of amides is 1. The molecule has 1 heterocycles. The molecule has 0 fully saturated rings. The van der Waals surface area contributed by atoms with Crippen molar-refractivity contribution in [3.05, 3.63) is 54.2 Å². The number of hydrogen-bond acceptors (Lipinski definition) is 4. The lowest BCUT2D eigenvalue weighted by molar-refractivity contribution is -0.127. The molecule has 1 N–H and O–H groups in total.